The topological polar surface area (TPSA) is 49.3 Å². The maximum atomic E-state index is 11.9. The van der Waals surface area contributed by atoms with Crippen molar-refractivity contribution in [2.75, 3.05) is 0 Å². The summed E-state index contributed by atoms with van der Waals surface area (Å²) in [6.45, 7) is 3.95. The van der Waals surface area contributed by atoms with Crippen LogP contribution in [0.4, 0.5) is 0 Å². The quantitative estimate of drug-likeness (QED) is 0.875. The van der Waals surface area contributed by atoms with E-state index in [0.717, 1.165) is 19.3 Å². The van der Waals surface area contributed by atoms with Crippen LogP contribution in [-0.4, -0.2) is 17.1 Å². The summed E-state index contributed by atoms with van der Waals surface area (Å²) >= 11 is 0. The van der Waals surface area contributed by atoms with Gasteiger partial charge >= 0.3 is 0 Å². The van der Waals surface area contributed by atoms with E-state index in [1.807, 2.05) is 26.0 Å². The van der Waals surface area contributed by atoms with Crippen LogP contribution in [0.3, 0.4) is 0 Å². The molecule has 0 heterocycles. The van der Waals surface area contributed by atoms with Crippen LogP contribution in [0.25, 0.3) is 0 Å². The van der Waals surface area contributed by atoms with Gasteiger partial charge in [0.2, 0.25) is 0 Å². The number of nitrogens with one attached hydrogen (secondary N) is 1. The third-order valence-electron chi connectivity index (χ3n) is 3.94. The summed E-state index contributed by atoms with van der Waals surface area (Å²) < 4.78 is 0. The largest absolute Gasteiger partial charge is 0.378 e. The Bertz CT molecular complexity index is 456. The summed E-state index contributed by atoms with van der Waals surface area (Å²) in [7, 11) is 0. The second kappa shape index (κ2) is 6.20. The Balaban J connectivity index is 2.10. The van der Waals surface area contributed by atoms with Crippen LogP contribution in [0.2, 0.25) is 0 Å². The molecule has 0 fully saturated rings. The maximum Gasteiger partial charge on any atom is 0.253 e. The molecule has 1 amide bonds. The van der Waals surface area contributed by atoms with E-state index in [4.69, 9.17) is 0 Å². The number of amides is 1. The highest BCUT2D eigenvalue weighted by Gasteiger charge is 2.20. The van der Waals surface area contributed by atoms with Crippen molar-refractivity contribution in [1.82, 2.24) is 5.32 Å². The maximum absolute atomic E-state index is 11.9. The first kappa shape index (κ1) is 14.1. The predicted molar refractivity (Wildman–Crippen MR) is 75.9 cm³/mol. The lowest BCUT2D eigenvalue weighted by atomic mass is 9.89. The number of carbonyl (C=O) groups is 1. The van der Waals surface area contributed by atoms with Crippen LogP contribution in [0.15, 0.2) is 18.2 Å². The van der Waals surface area contributed by atoms with E-state index in [1.54, 1.807) is 0 Å². The monoisotopic (exact) mass is 261 g/mol. The number of hydrogen-bond acceptors (Lipinski definition) is 2. The van der Waals surface area contributed by atoms with E-state index in [2.05, 4.69) is 11.4 Å². The number of carbonyl (C=O) groups excluding carboxylic acids is 1. The number of rotatable bonds is 4. The molecule has 0 saturated heterocycles. The molecule has 1 aromatic rings. The smallest absolute Gasteiger partial charge is 0.253 e. The number of aliphatic hydroxyl groups is 1. The van der Waals surface area contributed by atoms with Crippen molar-refractivity contribution in [3.8, 4) is 0 Å². The molecule has 3 heteroatoms. The lowest BCUT2D eigenvalue weighted by Crippen LogP contribution is -2.35. The van der Waals surface area contributed by atoms with E-state index < -0.39 is 6.10 Å². The summed E-state index contributed by atoms with van der Waals surface area (Å²) in [4.78, 5) is 11.9. The SMILES string of the molecule is CCC(C)NC(=O)C(O)c1ccc2c(c1)CCCC2. The standard InChI is InChI=1S/C16H23NO2/c1-3-11(2)17-16(19)15(18)14-9-8-12-6-4-5-7-13(12)10-14/h8-11,15,18H,3-7H2,1-2H3,(H,17,19). The molecule has 0 aliphatic heterocycles. The Morgan fingerprint density at radius 1 is 1.32 bits per heavy atom. The van der Waals surface area contributed by atoms with Gasteiger partial charge in [-0.15, -0.1) is 0 Å². The zero-order chi connectivity index (χ0) is 13.8. The minimum Gasteiger partial charge on any atom is -0.378 e. The van der Waals surface area contributed by atoms with Gasteiger partial charge in [-0.25, -0.2) is 0 Å². The molecule has 0 bridgehead atoms. The summed E-state index contributed by atoms with van der Waals surface area (Å²) in [6, 6.07) is 6.03. The first-order valence-corrected chi connectivity index (χ1v) is 7.22. The van der Waals surface area contributed by atoms with Gasteiger partial charge in [0.1, 0.15) is 0 Å². The van der Waals surface area contributed by atoms with Gasteiger partial charge in [0.15, 0.2) is 6.10 Å². The van der Waals surface area contributed by atoms with E-state index in [-0.39, 0.29) is 11.9 Å². The van der Waals surface area contributed by atoms with Gasteiger partial charge in [0.25, 0.3) is 5.91 Å². The summed E-state index contributed by atoms with van der Waals surface area (Å²) in [5, 5.41) is 12.9. The number of benzene rings is 1. The molecular formula is C16H23NO2. The zero-order valence-electron chi connectivity index (χ0n) is 11.8. The Kier molecular flexibility index (Phi) is 4.59. The van der Waals surface area contributed by atoms with Crippen molar-refractivity contribution in [1.29, 1.82) is 0 Å². The third-order valence-corrected chi connectivity index (χ3v) is 3.94. The molecule has 2 unspecified atom stereocenters. The number of aryl methyl sites for hydroxylation is 2. The Hall–Kier alpha value is -1.35. The molecule has 19 heavy (non-hydrogen) atoms. The highest BCUT2D eigenvalue weighted by atomic mass is 16.3. The van der Waals surface area contributed by atoms with Crippen LogP contribution in [0, 0.1) is 0 Å². The molecular weight excluding hydrogens is 238 g/mol. The lowest BCUT2D eigenvalue weighted by molar-refractivity contribution is -0.130. The molecule has 104 valence electrons. The van der Waals surface area contributed by atoms with Gasteiger partial charge in [0, 0.05) is 6.04 Å². The van der Waals surface area contributed by atoms with E-state index in [1.165, 1.54) is 24.0 Å². The van der Waals surface area contributed by atoms with Crippen LogP contribution in [0.1, 0.15) is 55.9 Å². The fourth-order valence-corrected chi connectivity index (χ4v) is 2.50. The molecule has 3 nitrogen and oxygen atoms in total. The van der Waals surface area contributed by atoms with Crippen molar-refractivity contribution >= 4 is 5.91 Å². The molecule has 0 aromatic heterocycles. The van der Waals surface area contributed by atoms with Crippen LogP contribution in [0.5, 0.6) is 0 Å². The fourth-order valence-electron chi connectivity index (χ4n) is 2.50. The number of hydrogen-bond donors (Lipinski definition) is 2. The van der Waals surface area contributed by atoms with Gasteiger partial charge in [-0.1, -0.05) is 25.1 Å². The number of aliphatic hydroxyl groups excluding tert-OH is 1. The summed E-state index contributed by atoms with van der Waals surface area (Å²) in [5.41, 5.74) is 3.37. The Labute approximate surface area is 115 Å². The van der Waals surface area contributed by atoms with Gasteiger partial charge in [0.05, 0.1) is 0 Å². The van der Waals surface area contributed by atoms with Gasteiger partial charge in [-0.2, -0.15) is 0 Å². The van der Waals surface area contributed by atoms with Crippen LogP contribution >= 0.6 is 0 Å². The van der Waals surface area contributed by atoms with Crippen molar-refractivity contribution in [2.45, 2.75) is 58.1 Å². The molecule has 1 aromatic carbocycles. The predicted octanol–water partition coefficient (Wildman–Crippen LogP) is 2.51. The van der Waals surface area contributed by atoms with Gasteiger partial charge < -0.3 is 10.4 Å². The van der Waals surface area contributed by atoms with E-state index >= 15 is 0 Å². The van der Waals surface area contributed by atoms with Crippen LogP contribution < -0.4 is 5.32 Å². The Morgan fingerprint density at radius 2 is 2.00 bits per heavy atom. The minimum absolute atomic E-state index is 0.0970. The van der Waals surface area contributed by atoms with Gasteiger partial charge in [-0.05, 0) is 55.7 Å². The van der Waals surface area contributed by atoms with Crippen molar-refractivity contribution in [2.24, 2.45) is 0 Å². The molecule has 2 N–H and O–H groups in total. The number of fused-ring (bicyclic) bond motifs is 1. The first-order chi connectivity index (χ1) is 9.11. The highest BCUT2D eigenvalue weighted by molar-refractivity contribution is 5.82. The van der Waals surface area contributed by atoms with Crippen molar-refractivity contribution in [3.63, 3.8) is 0 Å². The Morgan fingerprint density at radius 3 is 2.68 bits per heavy atom. The molecule has 1 aliphatic rings. The fraction of sp³-hybridized carbons (Fsp3) is 0.562. The van der Waals surface area contributed by atoms with Crippen molar-refractivity contribution in [3.05, 3.63) is 34.9 Å². The average Bonchev–Trinajstić information content (AvgIpc) is 2.45. The second-order valence-electron chi connectivity index (χ2n) is 5.46. The van der Waals surface area contributed by atoms with Crippen LogP contribution in [-0.2, 0) is 17.6 Å². The lowest BCUT2D eigenvalue weighted by Gasteiger charge is -2.19. The highest BCUT2D eigenvalue weighted by Crippen LogP contribution is 2.25. The molecule has 0 radical (unpaired) electrons. The van der Waals surface area contributed by atoms with Crippen molar-refractivity contribution < 1.29 is 9.90 Å². The molecule has 2 rings (SSSR count). The molecule has 2 atom stereocenters. The van der Waals surface area contributed by atoms with Gasteiger partial charge in [-0.3, -0.25) is 4.79 Å². The summed E-state index contributed by atoms with van der Waals surface area (Å²) in [5.74, 6) is -0.301. The van der Waals surface area contributed by atoms with E-state index in [9.17, 15) is 9.90 Å². The third kappa shape index (κ3) is 3.35. The first-order valence-electron chi connectivity index (χ1n) is 7.22. The average molecular weight is 261 g/mol. The summed E-state index contributed by atoms with van der Waals surface area (Å²) in [6.07, 6.45) is 4.42. The normalized spacial score (nSPS) is 17.4. The molecule has 0 spiro atoms. The zero-order valence-corrected chi connectivity index (χ0v) is 11.8. The minimum atomic E-state index is -1.05. The molecule has 1 aliphatic carbocycles. The molecule has 0 saturated carbocycles. The second-order valence-corrected chi connectivity index (χ2v) is 5.46. The van der Waals surface area contributed by atoms with E-state index in [0.29, 0.717) is 5.56 Å².